The molecule has 1 N–H and O–H groups in total. The Morgan fingerprint density at radius 1 is 1.29 bits per heavy atom. The minimum Gasteiger partial charge on any atom is -0.469 e. The van der Waals surface area contributed by atoms with E-state index < -0.39 is 0 Å². The van der Waals surface area contributed by atoms with Gasteiger partial charge in [0.25, 0.3) is 0 Å². The molecule has 1 aromatic rings. The Labute approximate surface area is 124 Å². The summed E-state index contributed by atoms with van der Waals surface area (Å²) in [4.78, 5) is 25.9. The van der Waals surface area contributed by atoms with E-state index in [-0.39, 0.29) is 17.8 Å². The molecule has 1 unspecified atom stereocenters. The quantitative estimate of drug-likeness (QED) is 0.852. The zero-order chi connectivity index (χ0) is 14.8. The molecule has 1 aliphatic carbocycles. The van der Waals surface area contributed by atoms with Gasteiger partial charge in [-0.2, -0.15) is 0 Å². The van der Waals surface area contributed by atoms with Crippen LogP contribution in [0.4, 0.5) is 5.69 Å². The summed E-state index contributed by atoms with van der Waals surface area (Å²) in [7, 11) is 1.42. The van der Waals surface area contributed by atoms with Gasteiger partial charge in [0.1, 0.15) is 0 Å². The third-order valence-corrected chi connectivity index (χ3v) is 4.10. The number of nitrogens with zero attached hydrogens (tertiary/aromatic N) is 1. The summed E-state index contributed by atoms with van der Waals surface area (Å²) in [6.45, 7) is 1.04. The van der Waals surface area contributed by atoms with E-state index in [1.807, 2.05) is 29.2 Å². The number of methoxy groups -OCH3 is 1. The molecule has 1 atom stereocenters. The van der Waals surface area contributed by atoms with Crippen molar-refractivity contribution in [1.82, 2.24) is 5.32 Å². The van der Waals surface area contributed by atoms with Crippen LogP contribution in [0.1, 0.15) is 30.7 Å². The number of hydrogen-bond acceptors (Lipinski definition) is 4. The second-order valence-electron chi connectivity index (χ2n) is 5.69. The lowest BCUT2D eigenvalue weighted by Crippen LogP contribution is -2.42. The smallest absolute Gasteiger partial charge is 0.313 e. The Kier molecular flexibility index (Phi) is 3.82. The van der Waals surface area contributed by atoms with Crippen LogP contribution in [0.25, 0.3) is 0 Å². The van der Waals surface area contributed by atoms with E-state index in [9.17, 15) is 9.59 Å². The van der Waals surface area contributed by atoms with Crippen LogP contribution in [0.3, 0.4) is 0 Å². The van der Waals surface area contributed by atoms with Crippen molar-refractivity contribution in [3.05, 3.63) is 29.8 Å². The molecule has 0 spiro atoms. The molecule has 1 aliphatic heterocycles. The minimum atomic E-state index is -0.228. The van der Waals surface area contributed by atoms with Gasteiger partial charge in [-0.3, -0.25) is 9.59 Å². The van der Waals surface area contributed by atoms with Gasteiger partial charge < -0.3 is 15.0 Å². The molecule has 21 heavy (non-hydrogen) atoms. The van der Waals surface area contributed by atoms with E-state index in [1.54, 1.807) is 0 Å². The number of carbonyl (C=O) groups is 2. The highest BCUT2D eigenvalue weighted by Crippen LogP contribution is 2.35. The number of ether oxygens (including phenoxy) is 1. The molecule has 1 heterocycles. The molecule has 3 rings (SSSR count). The highest BCUT2D eigenvalue weighted by Gasteiger charge is 2.32. The van der Waals surface area contributed by atoms with E-state index >= 15 is 0 Å². The van der Waals surface area contributed by atoms with Crippen molar-refractivity contribution >= 4 is 17.6 Å². The maximum atomic E-state index is 12.0. The molecular formula is C16H20N2O3. The van der Waals surface area contributed by atoms with E-state index in [0.29, 0.717) is 25.6 Å². The van der Waals surface area contributed by atoms with Gasteiger partial charge in [0.15, 0.2) is 0 Å². The third-order valence-electron chi connectivity index (χ3n) is 4.10. The normalized spacial score (nSPS) is 20.6. The van der Waals surface area contributed by atoms with E-state index in [1.165, 1.54) is 7.11 Å². The van der Waals surface area contributed by atoms with Crippen molar-refractivity contribution in [2.45, 2.75) is 31.2 Å². The summed E-state index contributed by atoms with van der Waals surface area (Å²) >= 11 is 0. The molecule has 5 nitrogen and oxygen atoms in total. The average Bonchev–Trinajstić information content (AvgIpc) is 3.30. The molecule has 5 heteroatoms. The van der Waals surface area contributed by atoms with Crippen LogP contribution < -0.4 is 10.2 Å². The summed E-state index contributed by atoms with van der Waals surface area (Å²) in [5.41, 5.74) is 1.92. The van der Waals surface area contributed by atoms with E-state index in [2.05, 4.69) is 5.32 Å². The lowest BCUT2D eigenvalue weighted by molar-refractivity contribution is -0.142. The van der Waals surface area contributed by atoms with Gasteiger partial charge in [-0.25, -0.2) is 0 Å². The van der Waals surface area contributed by atoms with Crippen LogP contribution in [-0.2, 0) is 14.3 Å². The fourth-order valence-corrected chi connectivity index (χ4v) is 2.86. The maximum absolute atomic E-state index is 12.0. The molecule has 0 radical (unpaired) electrons. The van der Waals surface area contributed by atoms with Gasteiger partial charge in [0.2, 0.25) is 5.91 Å². The van der Waals surface area contributed by atoms with Gasteiger partial charge in [-0.05, 0) is 30.9 Å². The molecule has 112 valence electrons. The van der Waals surface area contributed by atoms with Crippen molar-refractivity contribution in [2.75, 3.05) is 25.1 Å². The fraction of sp³-hybridized carbons (Fsp3) is 0.500. The number of para-hydroxylation sites is 1. The first-order valence-corrected chi connectivity index (χ1v) is 7.40. The Morgan fingerprint density at radius 3 is 2.76 bits per heavy atom. The number of carbonyl (C=O) groups excluding carboxylic acids is 2. The second-order valence-corrected chi connectivity index (χ2v) is 5.69. The third kappa shape index (κ3) is 3.01. The number of anilines is 1. The number of amides is 1. The summed E-state index contributed by atoms with van der Waals surface area (Å²) in [5.74, 6) is -0.373. The number of fused-ring (bicyclic) bond motifs is 1. The Hall–Kier alpha value is -2.04. The summed E-state index contributed by atoms with van der Waals surface area (Å²) in [6, 6.07) is 8.14. The Bertz CT molecular complexity index is 554. The average molecular weight is 288 g/mol. The Balaban J connectivity index is 1.77. The van der Waals surface area contributed by atoms with Gasteiger partial charge in [0.05, 0.1) is 19.6 Å². The van der Waals surface area contributed by atoms with E-state index in [0.717, 1.165) is 24.1 Å². The molecule has 0 saturated heterocycles. The number of rotatable bonds is 4. The van der Waals surface area contributed by atoms with Crippen molar-refractivity contribution in [1.29, 1.82) is 0 Å². The van der Waals surface area contributed by atoms with Crippen molar-refractivity contribution in [2.24, 2.45) is 0 Å². The first kappa shape index (κ1) is 13.9. The van der Waals surface area contributed by atoms with Gasteiger partial charge in [0, 0.05) is 18.3 Å². The van der Waals surface area contributed by atoms with E-state index in [4.69, 9.17) is 4.74 Å². The predicted molar refractivity (Wildman–Crippen MR) is 79.2 cm³/mol. The van der Waals surface area contributed by atoms with Crippen LogP contribution in [0.15, 0.2) is 24.3 Å². The molecule has 0 bridgehead atoms. The number of esters is 1. The van der Waals surface area contributed by atoms with Crippen LogP contribution in [-0.4, -0.2) is 38.1 Å². The van der Waals surface area contributed by atoms with Crippen LogP contribution in [0.5, 0.6) is 0 Å². The highest BCUT2D eigenvalue weighted by atomic mass is 16.5. The molecular weight excluding hydrogens is 268 g/mol. The predicted octanol–water partition coefficient (Wildman–Crippen LogP) is 1.43. The first-order valence-electron chi connectivity index (χ1n) is 7.40. The molecule has 2 aliphatic rings. The maximum Gasteiger partial charge on any atom is 0.313 e. The zero-order valence-electron chi connectivity index (χ0n) is 12.2. The summed E-state index contributed by atoms with van der Waals surface area (Å²) in [6.07, 6.45) is 2.86. The number of nitrogens with one attached hydrogen (secondary N) is 1. The summed E-state index contributed by atoms with van der Waals surface area (Å²) < 4.78 is 4.89. The fourth-order valence-electron chi connectivity index (χ4n) is 2.86. The SMILES string of the molecule is COC(=O)C1CCN(CC(=O)NC2CC2)c2ccccc21. The molecule has 1 amide bonds. The van der Waals surface area contributed by atoms with Crippen molar-refractivity contribution in [3.63, 3.8) is 0 Å². The summed E-state index contributed by atoms with van der Waals surface area (Å²) in [5, 5.41) is 3.00. The highest BCUT2D eigenvalue weighted by molar-refractivity contribution is 5.85. The van der Waals surface area contributed by atoms with Gasteiger partial charge in [-0.15, -0.1) is 0 Å². The van der Waals surface area contributed by atoms with Crippen molar-refractivity contribution in [3.8, 4) is 0 Å². The van der Waals surface area contributed by atoms with Crippen LogP contribution in [0, 0.1) is 0 Å². The van der Waals surface area contributed by atoms with Crippen LogP contribution in [0.2, 0.25) is 0 Å². The molecule has 1 aromatic carbocycles. The number of benzene rings is 1. The molecule has 1 fully saturated rings. The number of hydrogen-bond donors (Lipinski definition) is 1. The Morgan fingerprint density at radius 2 is 2.05 bits per heavy atom. The standard InChI is InChI=1S/C16H20N2O3/c1-21-16(20)13-8-9-18(10-15(19)17-11-6-7-11)14-5-3-2-4-12(13)14/h2-5,11,13H,6-10H2,1H3,(H,17,19). The van der Waals surface area contributed by atoms with Gasteiger partial charge >= 0.3 is 5.97 Å². The second kappa shape index (κ2) is 5.76. The molecule has 0 aromatic heterocycles. The van der Waals surface area contributed by atoms with Crippen molar-refractivity contribution < 1.29 is 14.3 Å². The molecule has 1 saturated carbocycles. The first-order chi connectivity index (χ1) is 10.2. The largest absolute Gasteiger partial charge is 0.469 e. The van der Waals surface area contributed by atoms with Gasteiger partial charge in [-0.1, -0.05) is 18.2 Å². The topological polar surface area (TPSA) is 58.6 Å². The zero-order valence-corrected chi connectivity index (χ0v) is 12.2. The lowest BCUT2D eigenvalue weighted by atomic mass is 9.90. The lowest BCUT2D eigenvalue weighted by Gasteiger charge is -2.34. The monoisotopic (exact) mass is 288 g/mol. The van der Waals surface area contributed by atoms with Crippen LogP contribution >= 0.6 is 0 Å². The minimum absolute atomic E-state index is 0.0591.